The summed E-state index contributed by atoms with van der Waals surface area (Å²) in [4.78, 5) is 3.99. The zero-order valence-electron chi connectivity index (χ0n) is 17.8. The molecule has 0 amide bonds. The molecular formula is C23H29ClF4N2. The van der Waals surface area contributed by atoms with Crippen LogP contribution in [0.1, 0.15) is 44.4 Å². The van der Waals surface area contributed by atoms with E-state index in [1.165, 1.54) is 17.2 Å². The first-order valence-electron chi connectivity index (χ1n) is 9.90. The summed E-state index contributed by atoms with van der Waals surface area (Å²) in [6, 6.07) is 11.4. The predicted molar refractivity (Wildman–Crippen MR) is 116 cm³/mol. The summed E-state index contributed by atoms with van der Waals surface area (Å²) in [6.45, 7) is 11.0. The minimum absolute atomic E-state index is 0. The molecule has 2 nitrogen and oxygen atoms in total. The van der Waals surface area contributed by atoms with E-state index in [9.17, 15) is 17.6 Å². The maximum Gasteiger partial charge on any atom is 0.418 e. The highest BCUT2D eigenvalue weighted by Crippen LogP contribution is 2.38. The van der Waals surface area contributed by atoms with Crippen LogP contribution in [0.3, 0.4) is 0 Å². The molecule has 1 atom stereocenters. The van der Waals surface area contributed by atoms with E-state index >= 15 is 0 Å². The van der Waals surface area contributed by atoms with Gasteiger partial charge in [-0.2, -0.15) is 13.2 Å². The van der Waals surface area contributed by atoms with E-state index in [0.29, 0.717) is 25.7 Å². The average molecular weight is 445 g/mol. The summed E-state index contributed by atoms with van der Waals surface area (Å²) in [5.41, 5.74) is 1.72. The Morgan fingerprint density at radius 1 is 0.967 bits per heavy atom. The van der Waals surface area contributed by atoms with E-state index in [2.05, 4.69) is 49.9 Å². The van der Waals surface area contributed by atoms with E-state index in [4.69, 9.17) is 0 Å². The zero-order valence-corrected chi connectivity index (χ0v) is 18.6. The number of hydrogen-bond donors (Lipinski definition) is 0. The van der Waals surface area contributed by atoms with Crippen LogP contribution in [-0.4, -0.2) is 30.6 Å². The van der Waals surface area contributed by atoms with Crippen molar-refractivity contribution in [3.63, 3.8) is 0 Å². The number of rotatable bonds is 3. The number of piperazine rings is 1. The Hall–Kier alpha value is -1.79. The fraction of sp³-hybridized carbons (Fsp3) is 0.478. The van der Waals surface area contributed by atoms with E-state index in [-0.39, 0.29) is 29.6 Å². The largest absolute Gasteiger partial charge is 0.418 e. The molecule has 30 heavy (non-hydrogen) atoms. The highest BCUT2D eigenvalue weighted by molar-refractivity contribution is 5.85. The number of hydrogen-bond acceptors (Lipinski definition) is 2. The standard InChI is InChI=1S/C23H28F4N2.ClH/c1-16-14-28(15-17-5-7-18(8-6-17)22(2,3)4)11-12-29(16)21-10-9-19(24)13-20(21)23(25,26)27;/h5-10,13,16H,11-12,14-15H2,1-4H3;1H/t16-;/m0./s1. The van der Waals surface area contributed by atoms with Crippen molar-refractivity contribution in [2.75, 3.05) is 24.5 Å². The first-order valence-corrected chi connectivity index (χ1v) is 9.90. The van der Waals surface area contributed by atoms with Gasteiger partial charge in [0.15, 0.2) is 0 Å². The Morgan fingerprint density at radius 3 is 2.13 bits per heavy atom. The number of anilines is 1. The number of halogens is 5. The Morgan fingerprint density at radius 2 is 1.60 bits per heavy atom. The third-order valence-corrected chi connectivity index (χ3v) is 5.51. The van der Waals surface area contributed by atoms with Gasteiger partial charge in [-0.05, 0) is 41.7 Å². The molecule has 2 aromatic carbocycles. The summed E-state index contributed by atoms with van der Waals surface area (Å²) < 4.78 is 53.6. The second kappa shape index (κ2) is 9.15. The minimum atomic E-state index is -4.58. The van der Waals surface area contributed by atoms with Crippen molar-refractivity contribution in [2.45, 2.75) is 51.9 Å². The van der Waals surface area contributed by atoms with Crippen LogP contribution in [0, 0.1) is 5.82 Å². The van der Waals surface area contributed by atoms with E-state index in [1.807, 2.05) is 6.92 Å². The summed E-state index contributed by atoms with van der Waals surface area (Å²) in [5, 5.41) is 0. The van der Waals surface area contributed by atoms with Gasteiger partial charge in [0.25, 0.3) is 0 Å². The molecule has 0 radical (unpaired) electrons. The van der Waals surface area contributed by atoms with Crippen LogP contribution in [-0.2, 0) is 18.1 Å². The van der Waals surface area contributed by atoms with Gasteiger partial charge in [-0.25, -0.2) is 4.39 Å². The molecular weight excluding hydrogens is 416 g/mol. The van der Waals surface area contributed by atoms with Crippen molar-refractivity contribution in [2.24, 2.45) is 0 Å². The molecule has 3 rings (SSSR count). The molecule has 166 valence electrons. The lowest BCUT2D eigenvalue weighted by atomic mass is 9.87. The SMILES string of the molecule is C[C@H]1CN(Cc2ccc(C(C)(C)C)cc2)CCN1c1ccc(F)cc1C(F)(F)F.Cl. The van der Waals surface area contributed by atoms with E-state index in [0.717, 1.165) is 12.6 Å². The topological polar surface area (TPSA) is 6.48 Å². The van der Waals surface area contributed by atoms with Crippen molar-refractivity contribution < 1.29 is 17.6 Å². The Balaban J connectivity index is 0.00000320. The number of benzene rings is 2. The fourth-order valence-electron chi connectivity index (χ4n) is 3.89. The second-order valence-electron chi connectivity index (χ2n) is 8.88. The van der Waals surface area contributed by atoms with Crippen LogP contribution in [0.2, 0.25) is 0 Å². The van der Waals surface area contributed by atoms with Crippen molar-refractivity contribution in [1.82, 2.24) is 4.90 Å². The normalized spacial score (nSPS) is 18.3. The number of alkyl halides is 3. The van der Waals surface area contributed by atoms with Gasteiger partial charge in [-0.1, -0.05) is 45.0 Å². The summed E-state index contributed by atoms with van der Waals surface area (Å²) in [6.07, 6.45) is -4.58. The maximum atomic E-state index is 13.4. The molecule has 0 aliphatic carbocycles. The van der Waals surface area contributed by atoms with Gasteiger partial charge in [0.2, 0.25) is 0 Å². The Kier molecular flexibility index (Phi) is 7.46. The van der Waals surface area contributed by atoms with Gasteiger partial charge in [-0.15, -0.1) is 12.4 Å². The summed E-state index contributed by atoms with van der Waals surface area (Å²) in [7, 11) is 0. The Bertz CT molecular complexity index is 844. The molecule has 1 fully saturated rings. The highest BCUT2D eigenvalue weighted by atomic mass is 35.5. The summed E-state index contributed by atoms with van der Waals surface area (Å²) >= 11 is 0. The van der Waals surface area contributed by atoms with E-state index in [1.54, 1.807) is 4.90 Å². The second-order valence-corrected chi connectivity index (χ2v) is 8.88. The average Bonchev–Trinajstić information content (AvgIpc) is 2.61. The monoisotopic (exact) mass is 444 g/mol. The first-order chi connectivity index (χ1) is 13.4. The molecule has 0 spiro atoms. The van der Waals surface area contributed by atoms with Gasteiger partial charge >= 0.3 is 6.18 Å². The first kappa shape index (κ1) is 24.5. The highest BCUT2D eigenvalue weighted by Gasteiger charge is 2.37. The maximum absolute atomic E-state index is 13.4. The van der Waals surface area contributed by atoms with Gasteiger partial charge in [0, 0.05) is 37.9 Å². The van der Waals surface area contributed by atoms with Gasteiger partial charge < -0.3 is 4.90 Å². The molecule has 2 aromatic rings. The third kappa shape index (κ3) is 5.67. The quantitative estimate of drug-likeness (QED) is 0.514. The van der Waals surface area contributed by atoms with Crippen LogP contribution in [0.15, 0.2) is 42.5 Å². The van der Waals surface area contributed by atoms with Crippen molar-refractivity contribution in [3.05, 3.63) is 65.0 Å². The van der Waals surface area contributed by atoms with Gasteiger partial charge in [0.05, 0.1) is 5.56 Å². The molecule has 1 aliphatic heterocycles. The van der Waals surface area contributed by atoms with Gasteiger partial charge in [-0.3, -0.25) is 4.90 Å². The van der Waals surface area contributed by atoms with Crippen LogP contribution >= 0.6 is 12.4 Å². The van der Waals surface area contributed by atoms with E-state index < -0.39 is 17.6 Å². The summed E-state index contributed by atoms with van der Waals surface area (Å²) in [5.74, 6) is -0.869. The zero-order chi connectivity index (χ0) is 21.4. The van der Waals surface area contributed by atoms with Crippen LogP contribution in [0.4, 0.5) is 23.2 Å². The molecule has 1 aliphatic rings. The number of nitrogens with zero attached hydrogens (tertiary/aromatic N) is 2. The van der Waals surface area contributed by atoms with Gasteiger partial charge in [0.1, 0.15) is 5.82 Å². The van der Waals surface area contributed by atoms with Crippen LogP contribution in [0.5, 0.6) is 0 Å². The van der Waals surface area contributed by atoms with Crippen LogP contribution in [0.25, 0.3) is 0 Å². The van der Waals surface area contributed by atoms with Crippen molar-refractivity contribution >= 4 is 18.1 Å². The van der Waals surface area contributed by atoms with Crippen molar-refractivity contribution in [1.29, 1.82) is 0 Å². The predicted octanol–water partition coefficient (Wildman–Crippen LogP) is 6.27. The minimum Gasteiger partial charge on any atom is -0.366 e. The molecule has 0 saturated carbocycles. The lowest BCUT2D eigenvalue weighted by Crippen LogP contribution is -2.52. The lowest BCUT2D eigenvalue weighted by molar-refractivity contribution is -0.137. The molecule has 1 saturated heterocycles. The smallest absolute Gasteiger partial charge is 0.366 e. The molecule has 7 heteroatoms. The van der Waals surface area contributed by atoms with Crippen molar-refractivity contribution in [3.8, 4) is 0 Å². The molecule has 1 heterocycles. The Labute approximate surface area is 182 Å². The molecule has 0 aromatic heterocycles. The third-order valence-electron chi connectivity index (χ3n) is 5.51. The molecule has 0 unspecified atom stereocenters. The molecule has 0 bridgehead atoms. The van der Waals surface area contributed by atoms with Crippen LogP contribution < -0.4 is 4.90 Å². The lowest BCUT2D eigenvalue weighted by Gasteiger charge is -2.42. The fourth-order valence-corrected chi connectivity index (χ4v) is 3.89. The molecule has 0 N–H and O–H groups in total.